The van der Waals surface area contributed by atoms with Crippen LogP contribution in [0, 0.1) is 0 Å². The molecule has 0 aliphatic carbocycles. The van der Waals surface area contributed by atoms with Gasteiger partial charge in [-0.1, -0.05) is 45.0 Å². The van der Waals surface area contributed by atoms with Crippen molar-refractivity contribution in [3.63, 3.8) is 0 Å². The summed E-state index contributed by atoms with van der Waals surface area (Å²) in [6, 6.07) is 9.65. The SMILES string of the molecule is CCc1ccccc1C(CN)N(C)C(CC)CC. The lowest BCUT2D eigenvalue weighted by atomic mass is 9.96. The third kappa shape index (κ3) is 3.33. The summed E-state index contributed by atoms with van der Waals surface area (Å²) < 4.78 is 0. The first-order valence-corrected chi connectivity index (χ1v) is 7.19. The molecule has 0 amide bonds. The number of rotatable bonds is 7. The van der Waals surface area contributed by atoms with Crippen LogP contribution < -0.4 is 5.73 Å². The van der Waals surface area contributed by atoms with Gasteiger partial charge >= 0.3 is 0 Å². The summed E-state index contributed by atoms with van der Waals surface area (Å²) in [6.07, 6.45) is 3.43. The summed E-state index contributed by atoms with van der Waals surface area (Å²) in [4.78, 5) is 2.45. The van der Waals surface area contributed by atoms with E-state index in [2.05, 4.69) is 57.0 Å². The number of aryl methyl sites for hydroxylation is 1. The zero-order valence-corrected chi connectivity index (χ0v) is 12.3. The third-order valence-corrected chi connectivity index (χ3v) is 4.03. The predicted molar refractivity (Wildman–Crippen MR) is 79.7 cm³/mol. The number of hydrogen-bond donors (Lipinski definition) is 1. The van der Waals surface area contributed by atoms with E-state index in [1.54, 1.807) is 0 Å². The lowest BCUT2D eigenvalue weighted by molar-refractivity contribution is 0.167. The van der Waals surface area contributed by atoms with Crippen molar-refractivity contribution < 1.29 is 0 Å². The average molecular weight is 248 g/mol. The second kappa shape index (κ2) is 7.55. The minimum Gasteiger partial charge on any atom is -0.329 e. The van der Waals surface area contributed by atoms with E-state index < -0.39 is 0 Å². The summed E-state index contributed by atoms with van der Waals surface area (Å²) in [5.41, 5.74) is 8.86. The molecule has 1 unspecified atom stereocenters. The van der Waals surface area contributed by atoms with E-state index in [0.717, 1.165) is 6.42 Å². The molecule has 0 saturated heterocycles. The van der Waals surface area contributed by atoms with E-state index >= 15 is 0 Å². The van der Waals surface area contributed by atoms with Crippen molar-refractivity contribution >= 4 is 0 Å². The monoisotopic (exact) mass is 248 g/mol. The highest BCUT2D eigenvalue weighted by Crippen LogP contribution is 2.26. The van der Waals surface area contributed by atoms with Crippen LogP contribution in [-0.4, -0.2) is 24.5 Å². The van der Waals surface area contributed by atoms with Gasteiger partial charge < -0.3 is 5.73 Å². The van der Waals surface area contributed by atoms with Crippen molar-refractivity contribution in [3.8, 4) is 0 Å². The van der Waals surface area contributed by atoms with Gasteiger partial charge in [0.05, 0.1) is 0 Å². The van der Waals surface area contributed by atoms with E-state index in [-0.39, 0.29) is 0 Å². The molecule has 1 atom stereocenters. The van der Waals surface area contributed by atoms with Crippen molar-refractivity contribution in [1.29, 1.82) is 0 Å². The van der Waals surface area contributed by atoms with E-state index in [1.807, 2.05) is 0 Å². The molecule has 1 aromatic rings. The molecule has 2 N–H and O–H groups in total. The molecule has 0 bridgehead atoms. The Morgan fingerprint density at radius 1 is 1.11 bits per heavy atom. The van der Waals surface area contributed by atoms with Crippen LogP contribution in [0.1, 0.15) is 50.8 Å². The standard InChI is InChI=1S/C16H28N2/c1-5-13-10-8-9-11-15(13)16(12-17)18(4)14(6-2)7-3/h8-11,14,16H,5-7,12,17H2,1-4H3. The van der Waals surface area contributed by atoms with Gasteiger partial charge in [0.15, 0.2) is 0 Å². The van der Waals surface area contributed by atoms with Gasteiger partial charge in [0.2, 0.25) is 0 Å². The van der Waals surface area contributed by atoms with Gasteiger partial charge in [-0.2, -0.15) is 0 Å². The van der Waals surface area contributed by atoms with Crippen LogP contribution >= 0.6 is 0 Å². The number of nitrogens with two attached hydrogens (primary N) is 1. The molecule has 2 heteroatoms. The molecule has 0 aliphatic heterocycles. The fourth-order valence-electron chi connectivity index (χ4n) is 2.81. The topological polar surface area (TPSA) is 29.3 Å². The molecule has 2 nitrogen and oxygen atoms in total. The number of nitrogens with zero attached hydrogens (tertiary/aromatic N) is 1. The normalized spacial score (nSPS) is 13.3. The fraction of sp³-hybridized carbons (Fsp3) is 0.625. The average Bonchev–Trinajstić information content (AvgIpc) is 2.41. The molecule has 18 heavy (non-hydrogen) atoms. The molecule has 0 spiro atoms. The highest BCUT2D eigenvalue weighted by atomic mass is 15.2. The summed E-state index contributed by atoms with van der Waals surface area (Å²) in [5.74, 6) is 0. The molecular formula is C16H28N2. The molecule has 0 saturated carbocycles. The molecule has 0 heterocycles. The van der Waals surface area contributed by atoms with Crippen LogP contribution in [0.4, 0.5) is 0 Å². The maximum absolute atomic E-state index is 6.03. The Kier molecular flexibility index (Phi) is 6.37. The Balaban J connectivity index is 3.01. The zero-order chi connectivity index (χ0) is 13.5. The lowest BCUT2D eigenvalue weighted by Crippen LogP contribution is -2.38. The Morgan fingerprint density at radius 2 is 1.72 bits per heavy atom. The minimum absolute atomic E-state index is 0.339. The van der Waals surface area contributed by atoms with Gasteiger partial charge in [0.1, 0.15) is 0 Å². The maximum Gasteiger partial charge on any atom is 0.0473 e. The van der Waals surface area contributed by atoms with Crippen molar-refractivity contribution in [2.45, 2.75) is 52.1 Å². The molecule has 0 aromatic heterocycles. The first-order valence-electron chi connectivity index (χ1n) is 7.19. The Bertz CT molecular complexity index is 345. The van der Waals surface area contributed by atoms with Gasteiger partial charge in [-0.05, 0) is 37.4 Å². The van der Waals surface area contributed by atoms with Crippen LogP contribution in [0.25, 0.3) is 0 Å². The van der Waals surface area contributed by atoms with Crippen LogP contribution in [0.5, 0.6) is 0 Å². The van der Waals surface area contributed by atoms with Crippen molar-refractivity contribution in [3.05, 3.63) is 35.4 Å². The van der Waals surface area contributed by atoms with Crippen LogP contribution in [0.15, 0.2) is 24.3 Å². The van der Waals surface area contributed by atoms with Crippen LogP contribution in [0.2, 0.25) is 0 Å². The maximum atomic E-state index is 6.03. The molecule has 0 fully saturated rings. The Morgan fingerprint density at radius 3 is 2.22 bits per heavy atom. The van der Waals surface area contributed by atoms with E-state index in [9.17, 15) is 0 Å². The van der Waals surface area contributed by atoms with E-state index in [0.29, 0.717) is 18.6 Å². The first kappa shape index (κ1) is 15.2. The number of benzene rings is 1. The highest BCUT2D eigenvalue weighted by Gasteiger charge is 2.22. The van der Waals surface area contributed by atoms with Gasteiger partial charge in [0, 0.05) is 18.6 Å². The predicted octanol–water partition coefficient (Wildman–Crippen LogP) is 3.37. The molecule has 1 rings (SSSR count). The highest BCUT2D eigenvalue weighted by molar-refractivity contribution is 5.30. The summed E-state index contributed by atoms with van der Waals surface area (Å²) in [7, 11) is 2.21. The van der Waals surface area contributed by atoms with Gasteiger partial charge in [-0.15, -0.1) is 0 Å². The Labute approximate surface area is 112 Å². The second-order valence-corrected chi connectivity index (χ2v) is 4.94. The summed E-state index contributed by atoms with van der Waals surface area (Å²) in [6.45, 7) is 7.40. The second-order valence-electron chi connectivity index (χ2n) is 4.94. The minimum atomic E-state index is 0.339. The lowest BCUT2D eigenvalue weighted by Gasteiger charge is -2.35. The van der Waals surface area contributed by atoms with E-state index in [4.69, 9.17) is 5.73 Å². The van der Waals surface area contributed by atoms with Crippen molar-refractivity contribution in [1.82, 2.24) is 4.90 Å². The number of likely N-dealkylation sites (N-methyl/N-ethyl adjacent to an activating group) is 1. The zero-order valence-electron chi connectivity index (χ0n) is 12.3. The largest absolute Gasteiger partial charge is 0.329 e. The molecule has 0 radical (unpaired) electrons. The molecular weight excluding hydrogens is 220 g/mol. The molecule has 0 aliphatic rings. The quantitative estimate of drug-likeness (QED) is 0.801. The van der Waals surface area contributed by atoms with E-state index in [1.165, 1.54) is 24.0 Å². The van der Waals surface area contributed by atoms with Gasteiger partial charge in [-0.3, -0.25) is 4.90 Å². The number of hydrogen-bond acceptors (Lipinski definition) is 2. The van der Waals surface area contributed by atoms with Crippen LogP contribution in [0.3, 0.4) is 0 Å². The molecule has 102 valence electrons. The summed E-state index contributed by atoms with van der Waals surface area (Å²) in [5, 5.41) is 0. The summed E-state index contributed by atoms with van der Waals surface area (Å²) >= 11 is 0. The fourth-order valence-corrected chi connectivity index (χ4v) is 2.81. The van der Waals surface area contributed by atoms with Gasteiger partial charge in [0.25, 0.3) is 0 Å². The van der Waals surface area contributed by atoms with Crippen LogP contribution in [-0.2, 0) is 6.42 Å². The van der Waals surface area contributed by atoms with Gasteiger partial charge in [-0.25, -0.2) is 0 Å². The Hall–Kier alpha value is -0.860. The first-order chi connectivity index (χ1) is 8.69. The molecule has 1 aromatic carbocycles. The smallest absolute Gasteiger partial charge is 0.0473 e. The van der Waals surface area contributed by atoms with Crippen molar-refractivity contribution in [2.24, 2.45) is 5.73 Å². The van der Waals surface area contributed by atoms with Crippen molar-refractivity contribution in [2.75, 3.05) is 13.6 Å². The third-order valence-electron chi connectivity index (χ3n) is 4.03.